The van der Waals surface area contributed by atoms with E-state index in [2.05, 4.69) is 15.7 Å². The second-order valence-corrected chi connectivity index (χ2v) is 2.03. The summed E-state index contributed by atoms with van der Waals surface area (Å²) in [6.45, 7) is 4.72. The normalized spacial score (nSPS) is 8.50. The molecule has 0 aliphatic heterocycles. The summed E-state index contributed by atoms with van der Waals surface area (Å²) in [5.74, 6) is -0.749. The van der Waals surface area contributed by atoms with Gasteiger partial charge < -0.3 is 9.16 Å². The molecule has 0 saturated heterocycles. The summed E-state index contributed by atoms with van der Waals surface area (Å²) in [6.07, 6.45) is -0.959. The molecule has 0 aromatic heterocycles. The molecule has 5 heteroatoms. The molecule has 0 radical (unpaired) electrons. The number of carbonyl (C=O) groups excluding carboxylic acids is 2. The monoisotopic (exact) mass is 160 g/mol. The Morgan fingerprint density at radius 1 is 1.50 bits per heavy atom. The average Bonchev–Trinajstić information content (AvgIpc) is 1.87. The van der Waals surface area contributed by atoms with Crippen molar-refractivity contribution < 1.29 is 18.8 Å². The lowest BCUT2D eigenvalue weighted by molar-refractivity contribution is -0.134. The van der Waals surface area contributed by atoms with Gasteiger partial charge in [0.25, 0.3) is 0 Å². The van der Waals surface area contributed by atoms with Gasteiger partial charge in [0.15, 0.2) is 0 Å². The molecule has 0 spiro atoms. The molecule has 0 atom stereocenters. The van der Waals surface area contributed by atoms with E-state index < -0.39 is 12.1 Å². The minimum Gasteiger partial charge on any atom is -0.498 e. The zero-order chi connectivity index (χ0) is 8.15. The highest BCUT2D eigenvalue weighted by molar-refractivity contribution is 6.06. The summed E-state index contributed by atoms with van der Waals surface area (Å²) in [4.78, 5) is 20.8. The van der Waals surface area contributed by atoms with Crippen LogP contribution in [-0.2, 0) is 14.0 Å². The van der Waals surface area contributed by atoms with Gasteiger partial charge in [-0.2, -0.15) is 0 Å². The summed E-state index contributed by atoms with van der Waals surface area (Å²) in [6, 6.07) is 0. The van der Waals surface area contributed by atoms with Gasteiger partial charge in [-0.05, 0) is 6.92 Å². The molecular formula is C5H8O4Si. The third-order valence-electron chi connectivity index (χ3n) is 0.691. The summed E-state index contributed by atoms with van der Waals surface area (Å²) in [7, 11) is 0.218. The van der Waals surface area contributed by atoms with E-state index >= 15 is 0 Å². The number of carbonyl (C=O) groups is 2. The van der Waals surface area contributed by atoms with Gasteiger partial charge in [0.2, 0.25) is 10.5 Å². The molecule has 0 saturated carbocycles. The Kier molecular flexibility index (Phi) is 3.41. The first-order valence-electron chi connectivity index (χ1n) is 2.53. The molecule has 4 nitrogen and oxygen atoms in total. The van der Waals surface area contributed by atoms with Crippen LogP contribution in [0, 0.1) is 0 Å². The SMILES string of the molecule is C=C(C)C(=O)OC(=O)O[SiH3]. The van der Waals surface area contributed by atoms with Crippen molar-refractivity contribution in [2.45, 2.75) is 6.92 Å². The number of hydrogen-bond donors (Lipinski definition) is 0. The maximum atomic E-state index is 10.5. The van der Waals surface area contributed by atoms with Gasteiger partial charge in [0.1, 0.15) is 0 Å². The fraction of sp³-hybridized carbons (Fsp3) is 0.200. The van der Waals surface area contributed by atoms with Crippen LogP contribution in [0.25, 0.3) is 0 Å². The highest BCUT2D eigenvalue weighted by Gasteiger charge is 2.08. The third kappa shape index (κ3) is 3.03. The number of rotatable bonds is 1. The van der Waals surface area contributed by atoms with E-state index in [1.807, 2.05) is 0 Å². The molecule has 0 bridgehead atoms. The van der Waals surface area contributed by atoms with Crippen molar-refractivity contribution in [1.29, 1.82) is 0 Å². The number of hydrogen-bond acceptors (Lipinski definition) is 4. The first-order valence-corrected chi connectivity index (χ1v) is 3.35. The van der Waals surface area contributed by atoms with Gasteiger partial charge in [-0.3, -0.25) is 0 Å². The van der Waals surface area contributed by atoms with E-state index in [0.717, 1.165) is 0 Å². The Labute approximate surface area is 61.4 Å². The maximum absolute atomic E-state index is 10.5. The summed E-state index contributed by atoms with van der Waals surface area (Å²) >= 11 is 0. The maximum Gasteiger partial charge on any atom is 0.501 e. The Bertz CT molecular complexity index is 174. The minimum atomic E-state index is -0.959. The van der Waals surface area contributed by atoms with Crippen LogP contribution in [0.15, 0.2) is 12.2 Å². The lowest BCUT2D eigenvalue weighted by atomic mass is 10.4. The predicted octanol–water partition coefficient (Wildman–Crippen LogP) is -0.477. The van der Waals surface area contributed by atoms with Crippen LogP contribution in [0.1, 0.15) is 6.92 Å². The Morgan fingerprint density at radius 2 is 2.00 bits per heavy atom. The van der Waals surface area contributed by atoms with E-state index in [0.29, 0.717) is 0 Å². The minimum absolute atomic E-state index is 0.173. The van der Waals surface area contributed by atoms with Gasteiger partial charge in [-0.1, -0.05) is 6.58 Å². The number of esters is 1. The van der Waals surface area contributed by atoms with Crippen molar-refractivity contribution in [1.82, 2.24) is 0 Å². The molecule has 0 aliphatic carbocycles. The average molecular weight is 160 g/mol. The summed E-state index contributed by atoms with van der Waals surface area (Å²) < 4.78 is 8.28. The Balaban J connectivity index is 3.80. The summed E-state index contributed by atoms with van der Waals surface area (Å²) in [5.41, 5.74) is 0.173. The zero-order valence-electron chi connectivity index (χ0n) is 5.84. The van der Waals surface area contributed by atoms with Gasteiger partial charge in [-0.15, -0.1) is 0 Å². The van der Waals surface area contributed by atoms with E-state index in [-0.39, 0.29) is 16.1 Å². The lowest BCUT2D eigenvalue weighted by Gasteiger charge is -1.98. The molecule has 0 amide bonds. The predicted molar refractivity (Wildman–Crippen MR) is 37.3 cm³/mol. The van der Waals surface area contributed by atoms with E-state index in [1.54, 1.807) is 0 Å². The van der Waals surface area contributed by atoms with E-state index in [9.17, 15) is 9.59 Å². The van der Waals surface area contributed by atoms with Gasteiger partial charge >= 0.3 is 12.1 Å². The van der Waals surface area contributed by atoms with Crippen molar-refractivity contribution in [3.8, 4) is 0 Å². The fourth-order valence-corrected chi connectivity index (χ4v) is 0.288. The Hall–Kier alpha value is -1.10. The standard InChI is InChI=1S/C5H8O4Si/c1-3(2)4(6)8-5(7)9-10/h1H2,2,10H3. The first-order chi connectivity index (χ1) is 4.57. The van der Waals surface area contributed by atoms with Crippen LogP contribution >= 0.6 is 0 Å². The third-order valence-corrected chi connectivity index (χ3v) is 1.02. The van der Waals surface area contributed by atoms with Crippen LogP contribution in [0.5, 0.6) is 0 Å². The van der Waals surface area contributed by atoms with Crippen molar-refractivity contribution in [2.75, 3.05) is 0 Å². The van der Waals surface area contributed by atoms with Gasteiger partial charge in [-0.25, -0.2) is 9.59 Å². The van der Waals surface area contributed by atoms with Crippen molar-refractivity contribution >= 4 is 22.6 Å². The van der Waals surface area contributed by atoms with Crippen LogP contribution in [0.4, 0.5) is 4.79 Å². The fourth-order valence-electron chi connectivity index (χ4n) is 0.204. The molecule has 0 aromatic rings. The number of ether oxygens (including phenoxy) is 1. The molecule has 0 aromatic carbocycles. The zero-order valence-corrected chi connectivity index (χ0v) is 7.84. The molecule has 0 rings (SSSR count). The van der Waals surface area contributed by atoms with Gasteiger partial charge in [0.05, 0.1) is 0 Å². The largest absolute Gasteiger partial charge is 0.501 e. The molecule has 0 aliphatic rings. The van der Waals surface area contributed by atoms with Crippen LogP contribution < -0.4 is 0 Å². The molecule has 0 unspecified atom stereocenters. The smallest absolute Gasteiger partial charge is 0.498 e. The van der Waals surface area contributed by atoms with Crippen LogP contribution in [0.3, 0.4) is 0 Å². The first kappa shape index (κ1) is 8.90. The quantitative estimate of drug-likeness (QED) is 0.225. The van der Waals surface area contributed by atoms with E-state index in [4.69, 9.17) is 0 Å². The molecule has 0 heterocycles. The second-order valence-electron chi connectivity index (χ2n) is 1.62. The molecule has 0 fully saturated rings. The highest BCUT2D eigenvalue weighted by atomic mass is 28.2. The van der Waals surface area contributed by atoms with Crippen molar-refractivity contribution in [2.24, 2.45) is 0 Å². The Morgan fingerprint density at radius 3 is 2.30 bits per heavy atom. The lowest BCUT2D eigenvalue weighted by Crippen LogP contribution is -2.12. The highest BCUT2D eigenvalue weighted by Crippen LogP contribution is 1.92. The van der Waals surface area contributed by atoms with E-state index in [1.165, 1.54) is 6.92 Å². The summed E-state index contributed by atoms with van der Waals surface area (Å²) in [5, 5.41) is 0. The molecule has 10 heavy (non-hydrogen) atoms. The molecule has 56 valence electrons. The van der Waals surface area contributed by atoms with Crippen LogP contribution in [0.2, 0.25) is 0 Å². The molecule has 0 N–H and O–H groups in total. The van der Waals surface area contributed by atoms with Crippen LogP contribution in [-0.4, -0.2) is 22.6 Å². The topological polar surface area (TPSA) is 52.6 Å². The van der Waals surface area contributed by atoms with Gasteiger partial charge in [0, 0.05) is 5.57 Å². The second kappa shape index (κ2) is 3.83. The van der Waals surface area contributed by atoms with Crippen molar-refractivity contribution in [3.05, 3.63) is 12.2 Å². The molecular weight excluding hydrogens is 152 g/mol. The van der Waals surface area contributed by atoms with Crippen molar-refractivity contribution in [3.63, 3.8) is 0 Å².